The van der Waals surface area contributed by atoms with E-state index in [0.29, 0.717) is 29.3 Å². The lowest BCUT2D eigenvalue weighted by molar-refractivity contribution is -0.904. The van der Waals surface area contributed by atoms with Crippen LogP contribution in [0.15, 0.2) is 35.5 Å². The predicted octanol–water partition coefficient (Wildman–Crippen LogP) is 1.96. The van der Waals surface area contributed by atoms with Crippen LogP contribution in [0.4, 0.5) is 4.79 Å². The molecule has 1 saturated heterocycles. The summed E-state index contributed by atoms with van der Waals surface area (Å²) in [6, 6.07) is 4.67. The van der Waals surface area contributed by atoms with Crippen LogP contribution in [0.25, 0.3) is 10.8 Å². The number of nitrogens with one attached hydrogen (secondary N) is 1. The fourth-order valence-electron chi connectivity index (χ4n) is 3.41. The molecular formula is C19H26N3O5S+. The lowest BCUT2D eigenvalue weighted by atomic mass is 10.1. The highest BCUT2D eigenvalue weighted by molar-refractivity contribution is 7.89. The molecule has 0 radical (unpaired) electrons. The van der Waals surface area contributed by atoms with Gasteiger partial charge in [-0.3, -0.25) is 5.21 Å². The second-order valence-corrected chi connectivity index (χ2v) is 9.94. The number of carbonyl (C=O) groups is 1. The van der Waals surface area contributed by atoms with E-state index < -0.39 is 21.7 Å². The number of benzene rings is 1. The number of alkyl carbamates (subject to hydrolysis) is 1. The Bertz CT molecular complexity index is 1010. The zero-order valence-corrected chi connectivity index (χ0v) is 17.3. The molecule has 28 heavy (non-hydrogen) atoms. The zero-order valence-electron chi connectivity index (χ0n) is 16.5. The van der Waals surface area contributed by atoms with Crippen molar-refractivity contribution in [3.63, 3.8) is 0 Å². The van der Waals surface area contributed by atoms with E-state index in [1.165, 1.54) is 16.7 Å². The summed E-state index contributed by atoms with van der Waals surface area (Å²) in [4.78, 5) is 12.2. The van der Waals surface area contributed by atoms with Crippen molar-refractivity contribution >= 4 is 26.9 Å². The molecule has 2 heterocycles. The number of hydrogen-bond acceptors (Lipinski definition) is 5. The number of pyridine rings is 1. The van der Waals surface area contributed by atoms with Gasteiger partial charge >= 0.3 is 6.09 Å². The van der Waals surface area contributed by atoms with Gasteiger partial charge in [-0.05, 0) is 46.2 Å². The molecular weight excluding hydrogens is 382 g/mol. The van der Waals surface area contributed by atoms with Crippen LogP contribution in [0.1, 0.15) is 32.8 Å². The van der Waals surface area contributed by atoms with E-state index in [4.69, 9.17) is 4.74 Å². The van der Waals surface area contributed by atoms with Gasteiger partial charge in [0.2, 0.25) is 22.4 Å². The number of hydrogen-bond donors (Lipinski definition) is 2. The van der Waals surface area contributed by atoms with Crippen molar-refractivity contribution in [2.45, 2.75) is 50.7 Å². The van der Waals surface area contributed by atoms with Gasteiger partial charge in [-0.25, -0.2) is 13.2 Å². The molecule has 1 aromatic heterocycles. The van der Waals surface area contributed by atoms with E-state index in [9.17, 15) is 18.4 Å². The molecule has 1 aromatic carbocycles. The third-order valence-corrected chi connectivity index (χ3v) is 6.45. The lowest BCUT2D eigenvalue weighted by Gasteiger charge is -2.22. The summed E-state index contributed by atoms with van der Waals surface area (Å²) in [5.41, 5.74) is 0.0419. The first-order valence-corrected chi connectivity index (χ1v) is 10.5. The summed E-state index contributed by atoms with van der Waals surface area (Å²) in [5, 5.41) is 13.7. The van der Waals surface area contributed by atoms with E-state index in [0.717, 1.165) is 4.73 Å². The van der Waals surface area contributed by atoms with Crippen LogP contribution >= 0.6 is 0 Å². The topological polar surface area (TPSA) is 99.8 Å². The van der Waals surface area contributed by atoms with Gasteiger partial charge in [0.1, 0.15) is 5.60 Å². The van der Waals surface area contributed by atoms with Crippen molar-refractivity contribution < 1.29 is 27.9 Å². The van der Waals surface area contributed by atoms with E-state index >= 15 is 0 Å². The van der Waals surface area contributed by atoms with E-state index in [2.05, 4.69) is 5.32 Å². The Morgan fingerprint density at radius 1 is 1.32 bits per heavy atom. The minimum Gasteiger partial charge on any atom is -0.444 e. The average molecular weight is 409 g/mol. The average Bonchev–Trinajstić information content (AvgIpc) is 3.01. The Morgan fingerprint density at radius 3 is 2.71 bits per heavy atom. The van der Waals surface area contributed by atoms with Gasteiger partial charge in [0.05, 0.1) is 10.3 Å². The van der Waals surface area contributed by atoms with Crippen molar-refractivity contribution in [1.82, 2.24) is 9.62 Å². The standard InChI is InChI=1S/C19H25N3O5S/c1-13-10-21(24)11-14-6-5-7-16(17(13)14)28(25,26)22-9-8-15(12-22)20-18(23)27-19(2,3)4/h5-7,10-11,15H,8-9,12H2,1-4H3,(H-,20,23,24)/p+1/t15-/m0/s1. The molecule has 2 N–H and O–H groups in total. The molecule has 0 unspecified atom stereocenters. The highest BCUT2D eigenvalue weighted by Gasteiger charge is 2.35. The molecule has 0 spiro atoms. The van der Waals surface area contributed by atoms with E-state index in [-0.39, 0.29) is 17.5 Å². The molecule has 1 amide bonds. The lowest BCUT2D eigenvalue weighted by Crippen LogP contribution is -2.41. The van der Waals surface area contributed by atoms with E-state index in [1.807, 2.05) is 0 Å². The second kappa shape index (κ2) is 7.21. The number of ether oxygens (including phenoxy) is 1. The van der Waals surface area contributed by atoms with Gasteiger partial charge in [-0.1, -0.05) is 6.07 Å². The number of rotatable bonds is 3. The number of carbonyl (C=O) groups excluding carboxylic acids is 1. The molecule has 0 bridgehead atoms. The van der Waals surface area contributed by atoms with E-state index in [1.54, 1.807) is 45.9 Å². The normalized spacial score (nSPS) is 18.4. The number of sulfonamides is 1. The zero-order chi connectivity index (χ0) is 20.7. The molecule has 1 aliphatic heterocycles. The Hall–Kier alpha value is -2.39. The van der Waals surface area contributed by atoms with Crippen LogP contribution in [0, 0.1) is 6.92 Å². The smallest absolute Gasteiger partial charge is 0.407 e. The first-order chi connectivity index (χ1) is 13.0. The molecule has 9 heteroatoms. The summed E-state index contributed by atoms with van der Waals surface area (Å²) >= 11 is 0. The molecule has 0 saturated carbocycles. The highest BCUT2D eigenvalue weighted by atomic mass is 32.2. The fraction of sp³-hybridized carbons (Fsp3) is 0.474. The maximum atomic E-state index is 13.3. The molecule has 8 nitrogen and oxygen atoms in total. The van der Waals surface area contributed by atoms with Crippen LogP contribution in [-0.2, 0) is 14.8 Å². The third-order valence-electron chi connectivity index (χ3n) is 4.54. The van der Waals surface area contributed by atoms with Crippen molar-refractivity contribution in [3.8, 4) is 0 Å². The van der Waals surface area contributed by atoms with Crippen molar-refractivity contribution in [3.05, 3.63) is 36.2 Å². The van der Waals surface area contributed by atoms with Gasteiger partial charge in [0.25, 0.3) is 0 Å². The summed E-state index contributed by atoms with van der Waals surface area (Å²) in [7, 11) is -3.75. The maximum absolute atomic E-state index is 13.3. The number of amides is 1. The third kappa shape index (κ3) is 4.20. The number of nitrogens with zero attached hydrogens (tertiary/aromatic N) is 2. The van der Waals surface area contributed by atoms with Gasteiger partial charge < -0.3 is 10.1 Å². The predicted molar refractivity (Wildman–Crippen MR) is 103 cm³/mol. The summed E-state index contributed by atoms with van der Waals surface area (Å²) in [5.74, 6) is 0. The van der Waals surface area contributed by atoms with Gasteiger partial charge in [0.15, 0.2) is 0 Å². The van der Waals surface area contributed by atoms with Gasteiger partial charge in [0, 0.05) is 34.8 Å². The highest BCUT2D eigenvalue weighted by Crippen LogP contribution is 2.29. The molecule has 1 fully saturated rings. The number of fused-ring (bicyclic) bond motifs is 1. The first kappa shape index (κ1) is 20.3. The molecule has 2 aromatic rings. The van der Waals surface area contributed by atoms with Crippen molar-refractivity contribution in [2.24, 2.45) is 0 Å². The summed E-state index contributed by atoms with van der Waals surface area (Å²) < 4.78 is 34.1. The molecule has 152 valence electrons. The Morgan fingerprint density at radius 2 is 2.04 bits per heavy atom. The first-order valence-electron chi connectivity index (χ1n) is 9.11. The Labute approximate surface area is 164 Å². The van der Waals surface area contributed by atoms with Crippen LogP contribution in [0.5, 0.6) is 0 Å². The molecule has 0 aliphatic carbocycles. The van der Waals surface area contributed by atoms with Crippen molar-refractivity contribution in [1.29, 1.82) is 0 Å². The molecule has 1 aliphatic rings. The Balaban J connectivity index is 1.83. The minimum atomic E-state index is -3.75. The van der Waals surface area contributed by atoms with Crippen LogP contribution < -0.4 is 10.0 Å². The Kier molecular flexibility index (Phi) is 5.24. The van der Waals surface area contributed by atoms with Crippen LogP contribution in [0.3, 0.4) is 0 Å². The number of aromatic nitrogens is 1. The summed E-state index contributed by atoms with van der Waals surface area (Å²) in [6.45, 7) is 7.57. The molecule has 1 atom stereocenters. The minimum absolute atomic E-state index is 0.184. The largest absolute Gasteiger partial charge is 0.444 e. The second-order valence-electron chi connectivity index (χ2n) is 8.04. The van der Waals surface area contributed by atoms with Gasteiger partial charge in [-0.2, -0.15) is 4.31 Å². The van der Waals surface area contributed by atoms with Crippen LogP contribution in [0.2, 0.25) is 0 Å². The SMILES string of the molecule is Cc1c[n+](O)cc2cccc(S(=O)(=O)N3CC[C@H](NC(=O)OC(C)(C)C)C3)c12. The quantitative estimate of drug-likeness (QED) is 0.597. The maximum Gasteiger partial charge on any atom is 0.407 e. The molecule has 3 rings (SSSR count). The fourth-order valence-corrected chi connectivity index (χ4v) is 5.20. The number of aryl methyl sites for hydroxylation is 1. The van der Waals surface area contributed by atoms with Gasteiger partial charge in [-0.15, -0.1) is 0 Å². The van der Waals surface area contributed by atoms with Crippen LogP contribution in [-0.4, -0.2) is 48.8 Å². The van der Waals surface area contributed by atoms with Crippen molar-refractivity contribution in [2.75, 3.05) is 13.1 Å². The monoisotopic (exact) mass is 408 g/mol. The summed E-state index contributed by atoms with van der Waals surface area (Å²) in [6.07, 6.45) is 2.90.